The van der Waals surface area contributed by atoms with Crippen molar-refractivity contribution in [3.63, 3.8) is 0 Å². The number of β-amino-alcohol motifs (C(OH)–C–C–N with tert-alkyl or cyclic N) is 1. The molecule has 0 spiro atoms. The van der Waals surface area contributed by atoms with Crippen LogP contribution in [0.15, 0.2) is 12.3 Å². The predicted octanol–water partition coefficient (Wildman–Crippen LogP) is 1.03. The molecule has 0 amide bonds. The number of aliphatic hydroxyl groups is 1. The lowest BCUT2D eigenvalue weighted by Gasteiger charge is -2.43. The van der Waals surface area contributed by atoms with Crippen molar-refractivity contribution in [2.75, 3.05) is 13.1 Å². The summed E-state index contributed by atoms with van der Waals surface area (Å²) < 4.78 is 1.97. The van der Waals surface area contributed by atoms with Crippen LogP contribution in [0.2, 0.25) is 0 Å². The van der Waals surface area contributed by atoms with Gasteiger partial charge in [-0.15, -0.1) is 0 Å². The molecule has 0 atom stereocenters. The lowest BCUT2D eigenvalue weighted by Crippen LogP contribution is -2.59. The van der Waals surface area contributed by atoms with E-state index in [1.165, 1.54) is 0 Å². The molecule has 2 heterocycles. The molecule has 1 fully saturated rings. The molecular weight excluding hydrogens is 190 g/mol. The van der Waals surface area contributed by atoms with E-state index < -0.39 is 5.60 Å². The second kappa shape index (κ2) is 3.61. The van der Waals surface area contributed by atoms with Crippen LogP contribution < -0.4 is 0 Å². The molecule has 0 aromatic carbocycles. The molecule has 0 unspecified atom stereocenters. The summed E-state index contributed by atoms with van der Waals surface area (Å²) in [4.78, 5) is 2.20. The minimum Gasteiger partial charge on any atom is -0.388 e. The van der Waals surface area contributed by atoms with E-state index in [0.29, 0.717) is 6.04 Å². The summed E-state index contributed by atoms with van der Waals surface area (Å²) in [5, 5.41) is 14.1. The fraction of sp³-hybridized carbons (Fsp3) is 0.727. The number of rotatable bonds is 3. The van der Waals surface area contributed by atoms with Crippen molar-refractivity contribution in [1.29, 1.82) is 0 Å². The summed E-state index contributed by atoms with van der Waals surface area (Å²) in [6.07, 6.45) is 2.01. The van der Waals surface area contributed by atoms with E-state index in [0.717, 1.165) is 25.3 Å². The number of hydrogen-bond donors (Lipinski definition) is 1. The van der Waals surface area contributed by atoms with Gasteiger partial charge < -0.3 is 5.11 Å². The van der Waals surface area contributed by atoms with Crippen molar-refractivity contribution < 1.29 is 5.11 Å². The average molecular weight is 209 g/mol. The van der Waals surface area contributed by atoms with E-state index in [-0.39, 0.29) is 0 Å². The fourth-order valence-electron chi connectivity index (χ4n) is 2.01. The molecule has 1 N–H and O–H groups in total. The quantitative estimate of drug-likeness (QED) is 0.808. The number of likely N-dealkylation sites (tertiary alicyclic amines) is 1. The zero-order chi connectivity index (χ0) is 11.1. The zero-order valence-corrected chi connectivity index (χ0v) is 9.64. The minimum absolute atomic E-state index is 0.415. The molecule has 84 valence electrons. The molecule has 1 saturated heterocycles. The third kappa shape index (κ3) is 2.38. The first-order valence-corrected chi connectivity index (χ1v) is 5.45. The van der Waals surface area contributed by atoms with Gasteiger partial charge >= 0.3 is 0 Å². The maximum Gasteiger partial charge on any atom is 0.0872 e. The van der Waals surface area contributed by atoms with E-state index >= 15 is 0 Å². The van der Waals surface area contributed by atoms with Gasteiger partial charge in [-0.3, -0.25) is 9.58 Å². The summed E-state index contributed by atoms with van der Waals surface area (Å²) in [5.74, 6) is 0. The average Bonchev–Trinajstić information content (AvgIpc) is 2.49. The Morgan fingerprint density at radius 2 is 2.20 bits per heavy atom. The maximum absolute atomic E-state index is 9.59. The Bertz CT molecular complexity index is 335. The zero-order valence-electron chi connectivity index (χ0n) is 9.64. The predicted molar refractivity (Wildman–Crippen MR) is 58.5 cm³/mol. The standard InChI is InChI=1S/C11H19N3O/c1-9(2)14-5-4-10(12-14)6-13-7-11(3,15)8-13/h4-5,9,15H,6-8H2,1-3H3. The Morgan fingerprint density at radius 3 is 2.67 bits per heavy atom. The summed E-state index contributed by atoms with van der Waals surface area (Å²) in [5.41, 5.74) is 0.597. The van der Waals surface area contributed by atoms with Crippen LogP contribution >= 0.6 is 0 Å². The van der Waals surface area contributed by atoms with E-state index in [4.69, 9.17) is 0 Å². The van der Waals surface area contributed by atoms with Gasteiger partial charge in [0.15, 0.2) is 0 Å². The van der Waals surface area contributed by atoms with Crippen molar-refractivity contribution in [3.8, 4) is 0 Å². The van der Waals surface area contributed by atoms with Gasteiger partial charge in [-0.25, -0.2) is 0 Å². The van der Waals surface area contributed by atoms with Crippen LogP contribution in [-0.4, -0.2) is 38.5 Å². The van der Waals surface area contributed by atoms with Crippen LogP contribution in [0.4, 0.5) is 0 Å². The van der Waals surface area contributed by atoms with E-state index in [2.05, 4.69) is 23.8 Å². The number of hydrogen-bond acceptors (Lipinski definition) is 3. The van der Waals surface area contributed by atoms with Gasteiger partial charge in [-0.2, -0.15) is 5.10 Å². The minimum atomic E-state index is -0.486. The Morgan fingerprint density at radius 1 is 1.53 bits per heavy atom. The van der Waals surface area contributed by atoms with Gasteiger partial charge in [0.25, 0.3) is 0 Å². The van der Waals surface area contributed by atoms with E-state index in [1.54, 1.807) is 0 Å². The summed E-state index contributed by atoms with van der Waals surface area (Å²) in [7, 11) is 0. The second-order valence-corrected chi connectivity index (χ2v) is 5.02. The van der Waals surface area contributed by atoms with Crippen LogP contribution in [-0.2, 0) is 6.54 Å². The summed E-state index contributed by atoms with van der Waals surface area (Å²) >= 11 is 0. The van der Waals surface area contributed by atoms with Crippen LogP contribution in [0.1, 0.15) is 32.5 Å². The molecule has 0 saturated carbocycles. The normalized spacial score (nSPS) is 20.6. The second-order valence-electron chi connectivity index (χ2n) is 5.02. The van der Waals surface area contributed by atoms with Crippen LogP contribution in [0, 0.1) is 0 Å². The van der Waals surface area contributed by atoms with Gasteiger partial charge in [0.05, 0.1) is 11.3 Å². The lowest BCUT2D eigenvalue weighted by atomic mass is 9.97. The van der Waals surface area contributed by atoms with Gasteiger partial charge in [-0.1, -0.05) is 0 Å². The third-order valence-electron chi connectivity index (χ3n) is 2.71. The molecule has 15 heavy (non-hydrogen) atoms. The van der Waals surface area contributed by atoms with Crippen molar-refractivity contribution in [3.05, 3.63) is 18.0 Å². The highest BCUT2D eigenvalue weighted by atomic mass is 16.3. The van der Waals surface area contributed by atoms with Crippen molar-refractivity contribution >= 4 is 0 Å². The Kier molecular flexibility index (Phi) is 2.56. The van der Waals surface area contributed by atoms with Crippen LogP contribution in [0.5, 0.6) is 0 Å². The summed E-state index contributed by atoms with van der Waals surface area (Å²) in [6, 6.07) is 2.46. The first-order chi connectivity index (χ1) is 6.96. The maximum atomic E-state index is 9.59. The molecule has 1 aromatic heterocycles. The molecule has 4 nitrogen and oxygen atoms in total. The SMILES string of the molecule is CC(C)n1ccc(CN2CC(C)(O)C2)n1. The highest BCUT2D eigenvalue weighted by molar-refractivity contribution is 5.02. The molecule has 1 aliphatic rings. The molecule has 2 rings (SSSR count). The van der Waals surface area contributed by atoms with Gasteiger partial charge in [-0.05, 0) is 26.8 Å². The number of aromatic nitrogens is 2. The van der Waals surface area contributed by atoms with Crippen LogP contribution in [0.25, 0.3) is 0 Å². The first kappa shape index (κ1) is 10.6. The van der Waals surface area contributed by atoms with Gasteiger partial charge in [0, 0.05) is 31.9 Å². The van der Waals surface area contributed by atoms with E-state index in [9.17, 15) is 5.11 Å². The topological polar surface area (TPSA) is 41.3 Å². The highest BCUT2D eigenvalue weighted by Gasteiger charge is 2.36. The largest absolute Gasteiger partial charge is 0.388 e. The highest BCUT2D eigenvalue weighted by Crippen LogP contribution is 2.21. The molecule has 0 radical (unpaired) electrons. The molecule has 0 bridgehead atoms. The monoisotopic (exact) mass is 209 g/mol. The van der Waals surface area contributed by atoms with Crippen molar-refractivity contribution in [2.24, 2.45) is 0 Å². The molecule has 1 aliphatic heterocycles. The first-order valence-electron chi connectivity index (χ1n) is 5.45. The molecule has 0 aliphatic carbocycles. The smallest absolute Gasteiger partial charge is 0.0872 e. The van der Waals surface area contributed by atoms with Crippen molar-refractivity contribution in [1.82, 2.24) is 14.7 Å². The molecule has 1 aromatic rings. The molecule has 4 heteroatoms. The Labute approximate surface area is 90.5 Å². The Hall–Kier alpha value is -0.870. The van der Waals surface area contributed by atoms with Crippen LogP contribution in [0.3, 0.4) is 0 Å². The Balaban J connectivity index is 1.89. The summed E-state index contributed by atoms with van der Waals surface area (Å²) in [6.45, 7) is 8.45. The van der Waals surface area contributed by atoms with Gasteiger partial charge in [0.1, 0.15) is 0 Å². The fourth-order valence-corrected chi connectivity index (χ4v) is 2.01. The van der Waals surface area contributed by atoms with Crippen molar-refractivity contribution in [2.45, 2.75) is 39.0 Å². The van der Waals surface area contributed by atoms with Gasteiger partial charge in [0.2, 0.25) is 0 Å². The number of nitrogens with zero attached hydrogens (tertiary/aromatic N) is 3. The lowest BCUT2D eigenvalue weighted by molar-refractivity contribution is -0.0876. The molecular formula is C11H19N3O. The van der Waals surface area contributed by atoms with E-state index in [1.807, 2.05) is 23.9 Å². The third-order valence-corrected chi connectivity index (χ3v) is 2.71.